The van der Waals surface area contributed by atoms with E-state index in [1.54, 1.807) is 6.92 Å². The molecule has 1 amide bonds. The minimum absolute atomic E-state index is 0.0663. The van der Waals surface area contributed by atoms with E-state index in [0.29, 0.717) is 11.4 Å². The molecule has 3 N–H and O–H groups in total. The third kappa shape index (κ3) is 2.98. The predicted octanol–water partition coefficient (Wildman–Crippen LogP) is 1.54. The maximum absolute atomic E-state index is 11.9. The summed E-state index contributed by atoms with van der Waals surface area (Å²) in [4.78, 5) is 15.4. The van der Waals surface area contributed by atoms with Crippen LogP contribution in [0.25, 0.3) is 0 Å². The van der Waals surface area contributed by atoms with Crippen LogP contribution in [0.4, 0.5) is 5.69 Å². The van der Waals surface area contributed by atoms with E-state index < -0.39 is 15.9 Å². The Balaban J connectivity index is 2.26. The zero-order valence-electron chi connectivity index (χ0n) is 10.3. The van der Waals surface area contributed by atoms with Gasteiger partial charge in [-0.15, -0.1) is 0 Å². The molecule has 0 atom stereocenters. The smallest absolute Gasteiger partial charge is 0.293 e. The van der Waals surface area contributed by atoms with Crippen LogP contribution in [0.3, 0.4) is 0 Å². The van der Waals surface area contributed by atoms with E-state index in [9.17, 15) is 13.2 Å². The lowest BCUT2D eigenvalue weighted by Gasteiger charge is -2.06. The molecular formula is C11H10ClN3O4S. The molecular weight excluding hydrogens is 306 g/mol. The summed E-state index contributed by atoms with van der Waals surface area (Å²) >= 11 is 5.81. The van der Waals surface area contributed by atoms with Gasteiger partial charge in [0.2, 0.25) is 15.8 Å². The summed E-state index contributed by atoms with van der Waals surface area (Å²) in [6.07, 6.45) is 1.15. The molecule has 7 nitrogen and oxygen atoms in total. The molecule has 0 saturated carbocycles. The third-order valence-electron chi connectivity index (χ3n) is 2.45. The highest BCUT2D eigenvalue weighted by Crippen LogP contribution is 2.24. The number of sulfonamides is 1. The van der Waals surface area contributed by atoms with Crippen molar-refractivity contribution in [2.75, 3.05) is 5.32 Å². The van der Waals surface area contributed by atoms with Crippen molar-refractivity contribution in [1.82, 2.24) is 4.98 Å². The number of aryl methyl sites for hydroxylation is 1. The van der Waals surface area contributed by atoms with Crippen LogP contribution >= 0.6 is 11.6 Å². The fourth-order valence-corrected chi connectivity index (χ4v) is 2.61. The normalized spacial score (nSPS) is 11.3. The Morgan fingerprint density at radius 1 is 1.45 bits per heavy atom. The van der Waals surface area contributed by atoms with Crippen LogP contribution in [0.5, 0.6) is 0 Å². The number of hydrogen-bond acceptors (Lipinski definition) is 5. The fourth-order valence-electron chi connectivity index (χ4n) is 1.52. The van der Waals surface area contributed by atoms with E-state index >= 15 is 0 Å². The molecule has 0 fully saturated rings. The molecule has 0 saturated heterocycles. The molecule has 1 aromatic carbocycles. The Kier molecular flexibility index (Phi) is 3.80. The van der Waals surface area contributed by atoms with E-state index in [-0.39, 0.29) is 15.7 Å². The summed E-state index contributed by atoms with van der Waals surface area (Å²) in [5.41, 5.74) is 0.748. The van der Waals surface area contributed by atoms with Crippen LogP contribution < -0.4 is 10.5 Å². The zero-order valence-corrected chi connectivity index (χ0v) is 11.8. The number of nitrogens with two attached hydrogens (primary N) is 1. The van der Waals surface area contributed by atoms with E-state index in [2.05, 4.69) is 10.3 Å². The number of halogens is 1. The zero-order chi connectivity index (χ0) is 14.9. The highest BCUT2D eigenvalue weighted by molar-refractivity contribution is 7.89. The highest BCUT2D eigenvalue weighted by Gasteiger charge is 2.16. The van der Waals surface area contributed by atoms with Gasteiger partial charge in [-0.25, -0.2) is 18.5 Å². The van der Waals surface area contributed by atoms with Crippen LogP contribution in [0.1, 0.15) is 16.2 Å². The van der Waals surface area contributed by atoms with Crippen molar-refractivity contribution in [1.29, 1.82) is 0 Å². The number of carbonyl (C=O) groups excluding carboxylic acids is 1. The van der Waals surface area contributed by atoms with Gasteiger partial charge in [-0.1, -0.05) is 11.6 Å². The molecule has 0 radical (unpaired) electrons. The van der Waals surface area contributed by atoms with Crippen molar-refractivity contribution in [3.05, 3.63) is 41.1 Å². The second-order valence-electron chi connectivity index (χ2n) is 3.91. The van der Waals surface area contributed by atoms with E-state index in [1.807, 2.05) is 0 Å². The fraction of sp³-hybridized carbons (Fsp3) is 0.0909. The lowest BCUT2D eigenvalue weighted by Crippen LogP contribution is -2.14. The summed E-state index contributed by atoms with van der Waals surface area (Å²) in [5, 5.41) is 7.41. The number of anilines is 1. The number of aromatic nitrogens is 1. The third-order valence-corrected chi connectivity index (χ3v) is 3.84. The van der Waals surface area contributed by atoms with Crippen LogP contribution in [0.15, 0.2) is 33.9 Å². The average Bonchev–Trinajstić information content (AvgIpc) is 2.73. The Bertz CT molecular complexity index is 770. The van der Waals surface area contributed by atoms with Gasteiger partial charge in [0.15, 0.2) is 6.39 Å². The molecule has 2 aromatic rings. The van der Waals surface area contributed by atoms with Gasteiger partial charge in [0.25, 0.3) is 5.91 Å². The first-order valence-electron chi connectivity index (χ1n) is 5.33. The number of amides is 1. The van der Waals surface area contributed by atoms with Gasteiger partial charge in [0, 0.05) is 5.69 Å². The Morgan fingerprint density at radius 2 is 2.15 bits per heavy atom. The first kappa shape index (κ1) is 14.5. The standard InChI is InChI=1S/C11H10ClN3O4S/c1-6-10(19-5-14-6)11(16)15-7-2-3-9(8(12)4-7)20(13,17)18/h2-5H,1H3,(H,15,16)(H2,13,17,18). The van der Waals surface area contributed by atoms with Crippen molar-refractivity contribution in [3.63, 3.8) is 0 Å². The van der Waals surface area contributed by atoms with Gasteiger partial charge in [0.1, 0.15) is 4.90 Å². The van der Waals surface area contributed by atoms with Crippen molar-refractivity contribution in [3.8, 4) is 0 Å². The topological polar surface area (TPSA) is 115 Å². The molecule has 0 aliphatic rings. The van der Waals surface area contributed by atoms with Gasteiger partial charge in [-0.3, -0.25) is 4.79 Å². The molecule has 106 valence electrons. The monoisotopic (exact) mass is 315 g/mol. The number of nitrogens with one attached hydrogen (secondary N) is 1. The number of benzene rings is 1. The van der Waals surface area contributed by atoms with Crippen molar-refractivity contribution < 1.29 is 17.6 Å². The molecule has 0 bridgehead atoms. The van der Waals surface area contributed by atoms with Crippen molar-refractivity contribution >= 4 is 33.2 Å². The molecule has 0 spiro atoms. The number of carbonyl (C=O) groups is 1. The Labute approximate surface area is 119 Å². The highest BCUT2D eigenvalue weighted by atomic mass is 35.5. The van der Waals surface area contributed by atoms with Gasteiger partial charge in [-0.2, -0.15) is 0 Å². The average molecular weight is 316 g/mol. The summed E-state index contributed by atoms with van der Waals surface area (Å²) in [6.45, 7) is 1.62. The number of oxazole rings is 1. The number of nitrogens with zero attached hydrogens (tertiary/aromatic N) is 1. The Morgan fingerprint density at radius 3 is 2.65 bits per heavy atom. The van der Waals surface area contributed by atoms with Crippen LogP contribution in [0, 0.1) is 6.92 Å². The quantitative estimate of drug-likeness (QED) is 0.891. The first-order valence-corrected chi connectivity index (χ1v) is 7.25. The molecule has 1 aromatic heterocycles. The predicted molar refractivity (Wildman–Crippen MR) is 72.0 cm³/mol. The molecule has 9 heteroatoms. The molecule has 2 rings (SSSR count). The lowest BCUT2D eigenvalue weighted by atomic mass is 10.3. The second-order valence-corrected chi connectivity index (χ2v) is 5.85. The van der Waals surface area contributed by atoms with Gasteiger partial charge in [-0.05, 0) is 25.1 Å². The van der Waals surface area contributed by atoms with Gasteiger partial charge < -0.3 is 9.73 Å². The van der Waals surface area contributed by atoms with Gasteiger partial charge in [0.05, 0.1) is 10.7 Å². The molecule has 20 heavy (non-hydrogen) atoms. The molecule has 0 aliphatic heterocycles. The lowest BCUT2D eigenvalue weighted by molar-refractivity contribution is 0.0996. The number of hydrogen-bond donors (Lipinski definition) is 2. The van der Waals surface area contributed by atoms with Crippen LogP contribution in [-0.4, -0.2) is 19.3 Å². The largest absolute Gasteiger partial charge is 0.438 e. The van der Waals surface area contributed by atoms with Crippen LogP contribution in [0.2, 0.25) is 5.02 Å². The molecule has 0 unspecified atom stereocenters. The second kappa shape index (κ2) is 5.23. The van der Waals surface area contributed by atoms with Gasteiger partial charge >= 0.3 is 0 Å². The molecule has 1 heterocycles. The maximum atomic E-state index is 11.9. The maximum Gasteiger partial charge on any atom is 0.293 e. The summed E-state index contributed by atoms with van der Waals surface area (Å²) in [5.74, 6) is -0.448. The van der Waals surface area contributed by atoms with E-state index in [4.69, 9.17) is 21.2 Å². The minimum atomic E-state index is -3.90. The van der Waals surface area contributed by atoms with E-state index in [0.717, 1.165) is 6.39 Å². The first-order chi connectivity index (χ1) is 9.29. The molecule has 0 aliphatic carbocycles. The van der Waals surface area contributed by atoms with Crippen molar-refractivity contribution in [2.24, 2.45) is 5.14 Å². The summed E-state index contributed by atoms with van der Waals surface area (Å²) < 4.78 is 27.3. The minimum Gasteiger partial charge on any atom is -0.438 e. The Hall–Kier alpha value is -1.90. The SMILES string of the molecule is Cc1ncoc1C(=O)Nc1ccc(S(N)(=O)=O)c(Cl)c1. The number of primary sulfonamides is 1. The van der Waals surface area contributed by atoms with Crippen molar-refractivity contribution in [2.45, 2.75) is 11.8 Å². The van der Waals surface area contributed by atoms with E-state index in [1.165, 1.54) is 18.2 Å². The van der Waals surface area contributed by atoms with Crippen LogP contribution in [-0.2, 0) is 10.0 Å². The number of rotatable bonds is 3. The summed E-state index contributed by atoms with van der Waals surface area (Å²) in [6, 6.07) is 3.86. The summed E-state index contributed by atoms with van der Waals surface area (Å²) in [7, 11) is -3.90.